The fourth-order valence-corrected chi connectivity index (χ4v) is 7.20. The number of aromatic nitrogens is 2. The lowest BCUT2D eigenvalue weighted by Gasteiger charge is -2.38. The smallest absolute Gasteiger partial charge is 0.307 e. The molecule has 2 N–H and O–H groups in total. The minimum Gasteiger partial charge on any atom is -0.496 e. The molecule has 3 heterocycles. The zero-order chi connectivity index (χ0) is 32.5. The van der Waals surface area contributed by atoms with Crippen LogP contribution < -0.4 is 14.8 Å². The first-order valence-electron chi connectivity index (χ1n) is 15.5. The summed E-state index contributed by atoms with van der Waals surface area (Å²) in [7, 11) is 1.59. The van der Waals surface area contributed by atoms with Crippen molar-refractivity contribution in [1.82, 2.24) is 15.3 Å². The van der Waals surface area contributed by atoms with Gasteiger partial charge in [0.2, 0.25) is 0 Å². The number of carboxylic acids is 1. The molecule has 1 saturated carbocycles. The molecule has 3 aliphatic rings. The molecule has 5 atom stereocenters. The van der Waals surface area contributed by atoms with Crippen LogP contribution in [-0.2, 0) is 14.4 Å². The number of carboxylic acid groups (broad SMARTS) is 1. The van der Waals surface area contributed by atoms with E-state index in [1.807, 2.05) is 26.0 Å². The quantitative estimate of drug-likeness (QED) is 0.353. The maximum atomic E-state index is 13.3. The van der Waals surface area contributed by atoms with E-state index in [0.717, 1.165) is 36.9 Å². The molecule has 0 amide bonds. The third-order valence-electron chi connectivity index (χ3n) is 9.28. The van der Waals surface area contributed by atoms with Gasteiger partial charge in [-0.3, -0.25) is 24.7 Å². The van der Waals surface area contributed by atoms with Crippen molar-refractivity contribution in [1.29, 1.82) is 0 Å². The molecule has 1 fully saturated rings. The highest BCUT2D eigenvalue weighted by Crippen LogP contribution is 2.41. The van der Waals surface area contributed by atoms with E-state index in [-0.39, 0.29) is 36.9 Å². The number of pyridine rings is 1. The molecule has 6 rings (SSSR count). The van der Waals surface area contributed by atoms with E-state index in [0.29, 0.717) is 38.8 Å². The average Bonchev–Trinajstić information content (AvgIpc) is 3.61. The van der Waals surface area contributed by atoms with Crippen molar-refractivity contribution in [2.24, 2.45) is 28.7 Å². The van der Waals surface area contributed by atoms with E-state index < -0.39 is 30.0 Å². The number of ketones is 2. The maximum absolute atomic E-state index is 13.3. The highest BCUT2D eigenvalue weighted by atomic mass is 32.1. The van der Waals surface area contributed by atoms with Crippen LogP contribution in [0.15, 0.2) is 39.8 Å². The number of methoxy groups -OCH3 is 1. The Bertz CT molecular complexity index is 1820. The normalized spacial score (nSPS) is 25.3. The maximum Gasteiger partial charge on any atom is 0.307 e. The summed E-state index contributed by atoms with van der Waals surface area (Å²) in [4.78, 5) is 53.1. The molecule has 2 aliphatic carbocycles. The average molecular weight is 641 g/mol. The Morgan fingerprint density at radius 1 is 1.20 bits per heavy atom. The number of aliphatic carboxylic acids is 1. The van der Waals surface area contributed by atoms with E-state index in [4.69, 9.17) is 25.9 Å². The van der Waals surface area contributed by atoms with Gasteiger partial charge in [0.25, 0.3) is 0 Å². The number of ether oxygens (including phenoxy) is 2. The van der Waals surface area contributed by atoms with E-state index in [2.05, 4.69) is 16.2 Å². The number of allylic oxidation sites excluding steroid dienone is 2. The lowest BCUT2D eigenvalue weighted by Crippen LogP contribution is -2.52. The van der Waals surface area contributed by atoms with Crippen LogP contribution in [0.25, 0.3) is 21.6 Å². The summed E-state index contributed by atoms with van der Waals surface area (Å²) in [6.07, 6.45) is 9.69. The standard InChI is InChI=1S/C35H36N4O6S/c1-5-21-17-46-34(38-21)28-14-31(23-9-10-30(44-4)19(3)32(23)39-28)45-33-24-12-22(40)13-25(35(42)43)26(24)15-36-27-11-20(27)8-6-7-18(2)29(41)16-37-33/h1,9-10,14-15,17-18,24-26,33,37H,6-8,11-13,16H2,2-4H3,(H,42,43)/t18?,24?,25-,26+,33+/m1/s1. The number of thiazole rings is 1. The summed E-state index contributed by atoms with van der Waals surface area (Å²) in [6.45, 7) is 3.84. The molecule has 10 nitrogen and oxygen atoms in total. The van der Waals surface area contributed by atoms with Gasteiger partial charge in [-0.25, -0.2) is 9.97 Å². The molecule has 238 valence electrons. The molecule has 0 radical (unpaired) electrons. The van der Waals surface area contributed by atoms with E-state index in [9.17, 15) is 19.5 Å². The minimum absolute atomic E-state index is 0.00675. The molecule has 0 bridgehead atoms. The number of hydrogen-bond donors (Lipinski definition) is 2. The topological polar surface area (TPSA) is 140 Å². The molecule has 3 aromatic rings. The van der Waals surface area contributed by atoms with Gasteiger partial charge in [0.05, 0.1) is 25.1 Å². The fraction of sp³-hybridized carbons (Fsp3) is 0.429. The van der Waals surface area contributed by atoms with Gasteiger partial charge >= 0.3 is 5.97 Å². The molecule has 0 spiro atoms. The molecule has 1 aliphatic heterocycles. The number of nitrogens with one attached hydrogen (secondary N) is 1. The molecule has 1 aromatic carbocycles. The summed E-state index contributed by atoms with van der Waals surface area (Å²) in [5.41, 5.74) is 4.65. The Hall–Kier alpha value is -4.40. The third-order valence-corrected chi connectivity index (χ3v) is 10.1. The summed E-state index contributed by atoms with van der Waals surface area (Å²) in [5.74, 6) is 0.0798. The Morgan fingerprint density at radius 2 is 2.02 bits per heavy atom. The lowest BCUT2D eigenvalue weighted by atomic mass is 9.71. The predicted octanol–water partition coefficient (Wildman–Crippen LogP) is 5.36. The Morgan fingerprint density at radius 3 is 2.76 bits per heavy atom. The highest BCUT2D eigenvalue weighted by Gasteiger charge is 2.45. The number of aliphatic imine (C=N–C) groups is 1. The second-order valence-corrected chi connectivity index (χ2v) is 13.2. The van der Waals surface area contributed by atoms with Crippen molar-refractivity contribution in [2.75, 3.05) is 13.7 Å². The molecule has 11 heteroatoms. The van der Waals surface area contributed by atoms with Crippen molar-refractivity contribution < 1.29 is 29.0 Å². The van der Waals surface area contributed by atoms with Crippen LogP contribution >= 0.6 is 11.3 Å². The summed E-state index contributed by atoms with van der Waals surface area (Å²) in [6, 6.07) is 5.46. The van der Waals surface area contributed by atoms with Crippen LogP contribution in [0, 0.1) is 42.9 Å². The number of nitrogens with zero attached hydrogens (tertiary/aromatic N) is 3. The van der Waals surface area contributed by atoms with Gasteiger partial charge < -0.3 is 14.6 Å². The number of hydrogen-bond acceptors (Lipinski definition) is 10. The van der Waals surface area contributed by atoms with Gasteiger partial charge in [0, 0.05) is 71.3 Å². The number of carbonyl (C=O) groups is 3. The first-order valence-corrected chi connectivity index (χ1v) is 16.4. The van der Waals surface area contributed by atoms with E-state index in [1.54, 1.807) is 24.8 Å². The van der Waals surface area contributed by atoms with Gasteiger partial charge in [-0.1, -0.05) is 6.92 Å². The predicted molar refractivity (Wildman–Crippen MR) is 175 cm³/mol. The Labute approximate surface area is 271 Å². The van der Waals surface area contributed by atoms with Gasteiger partial charge in [0.15, 0.2) is 6.23 Å². The van der Waals surface area contributed by atoms with Crippen LogP contribution in [0.1, 0.15) is 56.7 Å². The van der Waals surface area contributed by atoms with Gasteiger partial charge in [0.1, 0.15) is 39.5 Å². The second kappa shape index (κ2) is 13.1. The molecule has 2 unspecified atom stereocenters. The minimum atomic E-state index is -1.06. The first-order chi connectivity index (χ1) is 22.2. The van der Waals surface area contributed by atoms with Gasteiger partial charge in [-0.15, -0.1) is 17.8 Å². The number of aryl methyl sites for hydroxylation is 1. The lowest BCUT2D eigenvalue weighted by molar-refractivity contribution is -0.149. The fourth-order valence-electron chi connectivity index (χ4n) is 6.48. The summed E-state index contributed by atoms with van der Waals surface area (Å²) < 4.78 is 12.4. The van der Waals surface area contributed by atoms with Crippen molar-refractivity contribution in [3.05, 3.63) is 46.1 Å². The zero-order valence-corrected chi connectivity index (χ0v) is 26.9. The third kappa shape index (κ3) is 6.46. The van der Waals surface area contributed by atoms with Crippen molar-refractivity contribution >= 4 is 46.0 Å². The van der Waals surface area contributed by atoms with Crippen LogP contribution in [0.4, 0.5) is 0 Å². The number of fused-ring (bicyclic) bond motifs is 2. The summed E-state index contributed by atoms with van der Waals surface area (Å²) >= 11 is 1.36. The van der Waals surface area contributed by atoms with Crippen LogP contribution in [-0.4, -0.2) is 58.7 Å². The molecule has 0 saturated heterocycles. The largest absolute Gasteiger partial charge is 0.496 e. The first kappa shape index (κ1) is 31.6. The second-order valence-electron chi connectivity index (χ2n) is 12.3. The molecule has 46 heavy (non-hydrogen) atoms. The molecular formula is C35H36N4O6S. The van der Waals surface area contributed by atoms with Crippen molar-refractivity contribution in [3.63, 3.8) is 0 Å². The molecule has 2 aromatic heterocycles. The van der Waals surface area contributed by atoms with E-state index in [1.165, 1.54) is 16.9 Å². The van der Waals surface area contributed by atoms with Crippen LogP contribution in [0.2, 0.25) is 0 Å². The van der Waals surface area contributed by atoms with Gasteiger partial charge in [-0.05, 0) is 49.8 Å². The number of Topliss-reactive ketones (excluding diaryl/α,β-unsaturated/α-hetero) is 2. The number of rotatable bonds is 5. The molecular weight excluding hydrogens is 604 g/mol. The zero-order valence-electron chi connectivity index (χ0n) is 26.0. The number of carbonyl (C=O) groups excluding carboxylic acids is 2. The monoisotopic (exact) mass is 640 g/mol. The van der Waals surface area contributed by atoms with Crippen molar-refractivity contribution in [2.45, 2.75) is 58.6 Å². The van der Waals surface area contributed by atoms with Crippen LogP contribution in [0.3, 0.4) is 0 Å². The summed E-state index contributed by atoms with van der Waals surface area (Å²) in [5, 5.41) is 16.6. The SMILES string of the molecule is C#Cc1csc(-c2cc(O[C@@H]3NCC(=O)C(C)CCCC4=C(C4)N=C[C@H]4C3CC(=O)C[C@H]4C(=O)O)c3ccc(OC)c(C)c3n2)n1. The van der Waals surface area contributed by atoms with E-state index >= 15 is 0 Å². The Balaban J connectivity index is 1.47. The van der Waals surface area contributed by atoms with Gasteiger partial charge in [-0.2, -0.15) is 0 Å². The highest BCUT2D eigenvalue weighted by molar-refractivity contribution is 7.13. The van der Waals surface area contributed by atoms with Crippen molar-refractivity contribution in [3.8, 4) is 34.5 Å². The van der Waals surface area contributed by atoms with Crippen LogP contribution in [0.5, 0.6) is 11.5 Å². The number of benzene rings is 1. The number of terminal acetylenes is 1. The Kier molecular flexibility index (Phi) is 9.02.